The molecule has 230 valence electrons. The number of piperidine rings is 1. The fourth-order valence-corrected chi connectivity index (χ4v) is 6.96. The van der Waals surface area contributed by atoms with Gasteiger partial charge in [-0.1, -0.05) is 17.7 Å². The Labute approximate surface area is 258 Å². The number of fused-ring (bicyclic) bond motifs is 2. The Morgan fingerprint density at radius 1 is 1.14 bits per heavy atom. The first kappa shape index (κ1) is 29.9. The SMILES string of the molecule is Cc1cc([C@@H](C)Nc2ccc(Cl)nc2C(=O)NS(C)(=O)=O)c2nc(N3C[C@@H]4C(c5ccnc(C)c5F)[C@@H]4C3)n(C)c(=O)c2c1. The summed E-state index contributed by atoms with van der Waals surface area (Å²) in [5.74, 6) is -0.0185. The van der Waals surface area contributed by atoms with E-state index in [2.05, 4.69) is 20.2 Å². The number of anilines is 2. The molecule has 6 rings (SSSR count). The van der Waals surface area contributed by atoms with Gasteiger partial charge in [0.2, 0.25) is 16.0 Å². The van der Waals surface area contributed by atoms with Gasteiger partial charge in [-0.15, -0.1) is 0 Å². The molecule has 1 amide bonds. The lowest BCUT2D eigenvalue weighted by Crippen LogP contribution is -2.32. The second kappa shape index (κ2) is 10.8. The number of benzene rings is 1. The predicted molar refractivity (Wildman–Crippen MR) is 166 cm³/mol. The van der Waals surface area contributed by atoms with Gasteiger partial charge < -0.3 is 10.2 Å². The normalized spacial score (nSPS) is 20.0. The minimum absolute atomic E-state index is 0.0189. The topological polar surface area (TPSA) is 139 Å². The van der Waals surface area contributed by atoms with Crippen molar-refractivity contribution in [1.82, 2.24) is 24.2 Å². The van der Waals surface area contributed by atoms with Gasteiger partial charge in [-0.2, -0.15) is 0 Å². The Morgan fingerprint density at radius 3 is 2.52 bits per heavy atom. The van der Waals surface area contributed by atoms with Crippen LogP contribution in [0.15, 0.2) is 41.3 Å². The van der Waals surface area contributed by atoms with E-state index in [9.17, 15) is 22.4 Å². The number of rotatable bonds is 7. The molecule has 3 aromatic heterocycles. The summed E-state index contributed by atoms with van der Waals surface area (Å²) in [6.07, 6.45) is 2.52. The van der Waals surface area contributed by atoms with Crippen molar-refractivity contribution in [3.05, 3.63) is 85.9 Å². The molecular formula is C30H31ClFN7O4S. The van der Waals surface area contributed by atoms with Crippen LogP contribution < -0.4 is 20.5 Å². The van der Waals surface area contributed by atoms with Crippen LogP contribution in [-0.4, -0.2) is 53.2 Å². The molecule has 1 unspecified atom stereocenters. The molecule has 2 N–H and O–H groups in total. The highest BCUT2D eigenvalue weighted by molar-refractivity contribution is 7.89. The van der Waals surface area contributed by atoms with Gasteiger partial charge in [-0.05, 0) is 73.9 Å². The Balaban J connectivity index is 1.33. The number of pyridine rings is 2. The molecule has 1 aromatic carbocycles. The average Bonchev–Trinajstić information content (AvgIpc) is 3.43. The number of halogens is 2. The highest BCUT2D eigenvalue weighted by atomic mass is 35.5. The van der Waals surface area contributed by atoms with Crippen LogP contribution in [-0.2, 0) is 17.1 Å². The van der Waals surface area contributed by atoms with Crippen LogP contribution in [0.25, 0.3) is 10.9 Å². The van der Waals surface area contributed by atoms with Gasteiger partial charge in [0.1, 0.15) is 11.0 Å². The highest BCUT2D eigenvalue weighted by Gasteiger charge is 2.57. The summed E-state index contributed by atoms with van der Waals surface area (Å²) in [6, 6.07) is 8.02. The van der Waals surface area contributed by atoms with Crippen LogP contribution in [0, 0.1) is 31.5 Å². The lowest BCUT2D eigenvalue weighted by Gasteiger charge is -2.25. The van der Waals surface area contributed by atoms with Crippen LogP contribution in [0.5, 0.6) is 0 Å². The number of hydrogen-bond acceptors (Lipinski definition) is 9. The highest BCUT2D eigenvalue weighted by Crippen LogP contribution is 2.59. The number of amides is 1. The molecule has 1 aliphatic heterocycles. The van der Waals surface area contributed by atoms with E-state index in [4.69, 9.17) is 16.6 Å². The van der Waals surface area contributed by atoms with Crippen LogP contribution in [0.1, 0.15) is 51.8 Å². The summed E-state index contributed by atoms with van der Waals surface area (Å²) in [4.78, 5) is 41.6. The Morgan fingerprint density at radius 2 is 1.84 bits per heavy atom. The number of hydrogen-bond donors (Lipinski definition) is 2. The van der Waals surface area contributed by atoms with E-state index < -0.39 is 22.0 Å². The molecule has 44 heavy (non-hydrogen) atoms. The second-order valence-electron chi connectivity index (χ2n) is 11.7. The van der Waals surface area contributed by atoms with E-state index in [1.54, 1.807) is 42.9 Å². The van der Waals surface area contributed by atoms with Crippen molar-refractivity contribution in [2.75, 3.05) is 29.6 Å². The monoisotopic (exact) mass is 639 g/mol. The quantitative estimate of drug-likeness (QED) is 0.289. The first-order chi connectivity index (χ1) is 20.7. The lowest BCUT2D eigenvalue weighted by molar-refractivity contribution is 0.0977. The zero-order chi connectivity index (χ0) is 31.7. The number of sulfonamides is 1. The van der Waals surface area contributed by atoms with E-state index >= 15 is 0 Å². The van der Waals surface area contributed by atoms with Crippen molar-refractivity contribution in [3.8, 4) is 0 Å². The first-order valence-corrected chi connectivity index (χ1v) is 16.3. The maximum atomic E-state index is 14.8. The Hall–Kier alpha value is -4.10. The molecule has 4 heterocycles. The standard InChI is InChI=1S/C30H31ClFN7O4S/c1-14-10-18(15(2)34-22-6-7-23(31)35-27(22)28(40)37-44(5,42)43)26-19(11-14)29(41)38(4)30(36-26)39-12-20-21(13-39)24(20)17-8-9-33-16(3)25(17)32/h6-11,15,20-21,24,34H,12-13H2,1-5H3,(H,37,40)/t15-,20-,21+,24?/m1/s1. The van der Waals surface area contributed by atoms with Crippen molar-refractivity contribution in [3.63, 3.8) is 0 Å². The molecule has 1 saturated carbocycles. The van der Waals surface area contributed by atoms with Gasteiger partial charge >= 0.3 is 0 Å². The average molecular weight is 640 g/mol. The van der Waals surface area contributed by atoms with Crippen molar-refractivity contribution >= 4 is 50.1 Å². The molecule has 1 aliphatic carbocycles. The lowest BCUT2D eigenvalue weighted by atomic mass is 10.0. The van der Waals surface area contributed by atoms with Gasteiger partial charge in [0, 0.05) is 31.9 Å². The van der Waals surface area contributed by atoms with Crippen LogP contribution in [0.4, 0.5) is 16.0 Å². The Kier molecular flexibility index (Phi) is 7.36. The summed E-state index contributed by atoms with van der Waals surface area (Å²) in [6.45, 7) is 6.69. The molecule has 0 radical (unpaired) electrons. The summed E-state index contributed by atoms with van der Waals surface area (Å²) in [5, 5.41) is 3.70. The van der Waals surface area contributed by atoms with Crippen molar-refractivity contribution in [1.29, 1.82) is 0 Å². The molecule has 0 bridgehead atoms. The van der Waals surface area contributed by atoms with Gasteiger partial charge in [-0.25, -0.2) is 27.5 Å². The second-order valence-corrected chi connectivity index (χ2v) is 13.8. The minimum Gasteiger partial charge on any atom is -0.377 e. The van der Waals surface area contributed by atoms with Gasteiger partial charge in [0.05, 0.1) is 34.6 Å². The summed E-state index contributed by atoms with van der Waals surface area (Å²) in [7, 11) is -2.14. The van der Waals surface area contributed by atoms with Crippen molar-refractivity contribution < 1.29 is 17.6 Å². The molecule has 14 heteroatoms. The third-order valence-electron chi connectivity index (χ3n) is 8.45. The smallest absolute Gasteiger partial charge is 0.285 e. The van der Waals surface area contributed by atoms with Crippen molar-refractivity contribution in [2.24, 2.45) is 18.9 Å². The van der Waals surface area contributed by atoms with E-state index in [0.29, 0.717) is 46.8 Å². The Bertz CT molecular complexity index is 2010. The molecular weight excluding hydrogens is 609 g/mol. The number of nitrogens with zero attached hydrogens (tertiary/aromatic N) is 5. The molecule has 1 saturated heterocycles. The summed E-state index contributed by atoms with van der Waals surface area (Å²) < 4.78 is 41.7. The number of nitrogens with one attached hydrogen (secondary N) is 2. The number of aryl methyl sites for hydroxylation is 2. The largest absolute Gasteiger partial charge is 0.377 e. The third kappa shape index (κ3) is 5.38. The van der Waals surface area contributed by atoms with Crippen LogP contribution >= 0.6 is 11.6 Å². The number of carbonyl (C=O) groups excluding carboxylic acids is 1. The number of aromatic nitrogens is 4. The molecule has 2 fully saturated rings. The van der Waals surface area contributed by atoms with Gasteiger partial charge in [0.15, 0.2) is 5.69 Å². The van der Waals surface area contributed by atoms with Gasteiger partial charge in [-0.3, -0.25) is 19.1 Å². The van der Waals surface area contributed by atoms with E-state index in [0.717, 1.165) is 11.8 Å². The fraction of sp³-hybridized carbons (Fsp3) is 0.367. The molecule has 11 nitrogen and oxygen atoms in total. The molecule has 4 atom stereocenters. The maximum absolute atomic E-state index is 14.8. The minimum atomic E-state index is -3.85. The fourth-order valence-electron chi connectivity index (χ4n) is 6.38. The number of carbonyl (C=O) groups is 1. The van der Waals surface area contributed by atoms with E-state index in [1.807, 2.05) is 24.6 Å². The maximum Gasteiger partial charge on any atom is 0.285 e. The first-order valence-electron chi connectivity index (χ1n) is 14.1. The summed E-state index contributed by atoms with van der Waals surface area (Å²) in [5.41, 5.74) is 3.02. The molecule has 2 aliphatic rings. The predicted octanol–water partition coefficient (Wildman–Crippen LogP) is 3.85. The zero-order valence-corrected chi connectivity index (χ0v) is 26.3. The molecule has 4 aromatic rings. The van der Waals surface area contributed by atoms with Gasteiger partial charge in [0.25, 0.3) is 11.5 Å². The van der Waals surface area contributed by atoms with Crippen molar-refractivity contribution in [2.45, 2.75) is 32.7 Å². The summed E-state index contributed by atoms with van der Waals surface area (Å²) >= 11 is 6.03. The third-order valence-corrected chi connectivity index (χ3v) is 9.22. The van der Waals surface area contributed by atoms with E-state index in [-0.39, 0.29) is 45.7 Å². The zero-order valence-electron chi connectivity index (χ0n) is 24.7. The van der Waals surface area contributed by atoms with E-state index in [1.165, 1.54) is 6.07 Å². The molecule has 0 spiro atoms. The van der Waals surface area contributed by atoms with Crippen LogP contribution in [0.2, 0.25) is 5.15 Å². The van der Waals surface area contributed by atoms with Crippen LogP contribution in [0.3, 0.4) is 0 Å².